The van der Waals surface area contributed by atoms with Crippen LogP contribution < -0.4 is 0 Å². The second-order valence-corrected chi connectivity index (χ2v) is 2.08. The average Bonchev–Trinajstić information content (AvgIpc) is 2.74. The third-order valence-corrected chi connectivity index (χ3v) is 1.26. The van der Waals surface area contributed by atoms with Crippen LogP contribution >= 0.6 is 0 Å². The first-order valence-corrected chi connectivity index (χ1v) is 3.30. The maximum atomic E-state index is 3.74. The molecule has 7 nitrogen and oxygen atoms in total. The Morgan fingerprint density at radius 1 is 1.33 bits per heavy atom. The Morgan fingerprint density at radius 3 is 3.00 bits per heavy atom. The van der Waals surface area contributed by atoms with E-state index in [2.05, 4.69) is 36.1 Å². The molecule has 2 rings (SSSR count). The Hall–Kier alpha value is -1.92. The van der Waals surface area contributed by atoms with E-state index in [1.54, 1.807) is 12.2 Å². The second-order valence-electron chi connectivity index (χ2n) is 2.08. The van der Waals surface area contributed by atoms with Crippen molar-refractivity contribution in [3.05, 3.63) is 11.9 Å². The van der Waals surface area contributed by atoms with E-state index in [0.717, 1.165) is 5.71 Å². The smallest absolute Gasteiger partial charge is 0.177 e. The Morgan fingerprint density at radius 2 is 2.33 bits per heavy atom. The number of hydrogen-bond acceptors (Lipinski definition) is 6. The van der Waals surface area contributed by atoms with Gasteiger partial charge >= 0.3 is 0 Å². The Bertz CT molecular complexity index is 333. The molecule has 0 amide bonds. The van der Waals surface area contributed by atoms with Crippen LogP contribution in [0.4, 0.5) is 0 Å². The Labute approximate surface area is 67.3 Å². The van der Waals surface area contributed by atoms with Crippen LogP contribution in [0.5, 0.6) is 0 Å². The van der Waals surface area contributed by atoms with Gasteiger partial charge in [0.1, 0.15) is 6.54 Å². The van der Waals surface area contributed by atoms with Gasteiger partial charge in [-0.1, -0.05) is 0 Å². The zero-order valence-electron chi connectivity index (χ0n) is 6.05. The van der Waals surface area contributed by atoms with Crippen molar-refractivity contribution in [2.45, 2.75) is 0 Å². The Balaban J connectivity index is 2.03. The number of tetrazole rings is 1. The molecule has 1 aliphatic heterocycles. The second kappa shape index (κ2) is 2.99. The summed E-state index contributed by atoms with van der Waals surface area (Å²) < 4.78 is 0. The summed E-state index contributed by atoms with van der Waals surface area (Å²) in [6.45, 7) is 0.522. The first-order chi connectivity index (χ1) is 5.95. The number of hydrogen-bond donors (Lipinski definition) is 1. The highest BCUT2D eigenvalue weighted by Crippen LogP contribution is 1.97. The van der Waals surface area contributed by atoms with Gasteiger partial charge in [-0.15, -0.1) is 15.3 Å². The third kappa shape index (κ3) is 1.39. The summed E-state index contributed by atoms with van der Waals surface area (Å²) in [4.78, 5) is 0. The van der Waals surface area contributed by atoms with Crippen LogP contribution in [0.15, 0.2) is 21.5 Å². The molecule has 1 aromatic rings. The topological polar surface area (TPSA) is 91.5 Å². The number of rotatable bonds is 2. The summed E-state index contributed by atoms with van der Waals surface area (Å²) in [6.07, 6.45) is 3.45. The minimum absolute atomic E-state index is 0.518. The average molecular weight is 163 g/mol. The van der Waals surface area contributed by atoms with Crippen molar-refractivity contribution < 1.29 is 0 Å². The van der Waals surface area contributed by atoms with Gasteiger partial charge in [0.05, 0.1) is 5.71 Å². The summed E-state index contributed by atoms with van der Waals surface area (Å²) in [5.41, 5.74) is 0.791. The molecule has 60 valence electrons. The van der Waals surface area contributed by atoms with Gasteiger partial charge in [0.2, 0.25) is 0 Å². The van der Waals surface area contributed by atoms with Crippen molar-refractivity contribution >= 4 is 11.8 Å². The van der Waals surface area contributed by atoms with Crippen molar-refractivity contribution in [2.24, 2.45) is 15.4 Å². The quantitative estimate of drug-likeness (QED) is 0.666. The number of aromatic nitrogens is 4. The lowest BCUT2D eigenvalue weighted by atomic mass is 10.3. The molecule has 0 saturated carbocycles. The molecule has 0 atom stereocenters. The summed E-state index contributed by atoms with van der Waals surface area (Å²) in [7, 11) is 0. The highest BCUT2D eigenvalue weighted by molar-refractivity contribution is 5.99. The van der Waals surface area contributed by atoms with Crippen LogP contribution in [-0.4, -0.2) is 32.9 Å². The standard InChI is InChI=1S/C5H5N7/c1(4-3-6-10-7-4)2-5-8-11-12-9-5/h1-2H,3H2,(H,8,9,11,12)/b2-1+. The molecule has 1 aromatic heterocycles. The van der Waals surface area contributed by atoms with Crippen LogP contribution in [0.1, 0.15) is 5.82 Å². The van der Waals surface area contributed by atoms with Gasteiger partial charge in [0, 0.05) is 0 Å². The maximum absolute atomic E-state index is 3.74. The first kappa shape index (κ1) is 6.77. The zero-order chi connectivity index (χ0) is 8.23. The maximum Gasteiger partial charge on any atom is 0.197 e. The minimum Gasteiger partial charge on any atom is -0.177 e. The van der Waals surface area contributed by atoms with Crippen molar-refractivity contribution in [3.63, 3.8) is 0 Å². The molecule has 7 heteroatoms. The van der Waals surface area contributed by atoms with Crippen molar-refractivity contribution in [2.75, 3.05) is 6.54 Å². The van der Waals surface area contributed by atoms with Gasteiger partial charge < -0.3 is 0 Å². The molecular formula is C5H5N7. The zero-order valence-corrected chi connectivity index (χ0v) is 6.05. The van der Waals surface area contributed by atoms with Crippen molar-refractivity contribution in [1.29, 1.82) is 0 Å². The van der Waals surface area contributed by atoms with E-state index >= 15 is 0 Å². The van der Waals surface area contributed by atoms with Crippen molar-refractivity contribution in [3.8, 4) is 0 Å². The summed E-state index contributed by atoms with van der Waals surface area (Å²) >= 11 is 0. The number of aromatic amines is 1. The van der Waals surface area contributed by atoms with Crippen LogP contribution in [0.25, 0.3) is 6.08 Å². The lowest BCUT2D eigenvalue weighted by Crippen LogP contribution is -1.92. The first-order valence-electron chi connectivity index (χ1n) is 3.30. The van der Waals surface area contributed by atoms with Crippen molar-refractivity contribution in [1.82, 2.24) is 20.6 Å². The molecule has 0 bridgehead atoms. The largest absolute Gasteiger partial charge is 0.197 e. The summed E-state index contributed by atoms with van der Waals surface area (Å²) in [6, 6.07) is 0. The lowest BCUT2D eigenvalue weighted by molar-refractivity contribution is 0.881. The molecule has 0 aromatic carbocycles. The SMILES string of the molecule is C(=C\c1nn[nH]n1)/C1=NN=NC1. The monoisotopic (exact) mass is 163 g/mol. The van der Waals surface area contributed by atoms with E-state index in [0.29, 0.717) is 12.4 Å². The lowest BCUT2D eigenvalue weighted by Gasteiger charge is -1.81. The van der Waals surface area contributed by atoms with E-state index in [1.165, 1.54) is 0 Å². The van der Waals surface area contributed by atoms with E-state index in [1.807, 2.05) is 0 Å². The van der Waals surface area contributed by atoms with E-state index in [4.69, 9.17) is 0 Å². The third-order valence-electron chi connectivity index (χ3n) is 1.26. The predicted molar refractivity (Wildman–Crippen MR) is 40.4 cm³/mol. The van der Waals surface area contributed by atoms with Crippen LogP contribution in [0.3, 0.4) is 0 Å². The minimum atomic E-state index is 0.518. The molecule has 0 unspecified atom stereocenters. The molecular weight excluding hydrogens is 158 g/mol. The molecule has 1 N–H and O–H groups in total. The fraction of sp³-hybridized carbons (Fsp3) is 0.200. The summed E-state index contributed by atoms with van der Waals surface area (Å²) in [5.74, 6) is 0.518. The molecule has 0 aliphatic carbocycles. The molecule has 1 aliphatic rings. The van der Waals surface area contributed by atoms with E-state index in [9.17, 15) is 0 Å². The summed E-state index contributed by atoms with van der Waals surface area (Å²) in [5, 5.41) is 24.1. The van der Waals surface area contributed by atoms with Gasteiger partial charge in [-0.3, -0.25) is 0 Å². The van der Waals surface area contributed by atoms with Crippen LogP contribution in [0.2, 0.25) is 0 Å². The number of nitrogens with zero attached hydrogens (tertiary/aromatic N) is 6. The molecule has 0 saturated heterocycles. The number of nitrogens with one attached hydrogen (secondary N) is 1. The normalized spacial score (nSPS) is 15.8. The van der Waals surface area contributed by atoms with Gasteiger partial charge in [0.15, 0.2) is 5.82 Å². The fourth-order valence-electron chi connectivity index (χ4n) is 0.722. The Kier molecular flexibility index (Phi) is 1.69. The van der Waals surface area contributed by atoms with Crippen LogP contribution in [-0.2, 0) is 0 Å². The highest BCUT2D eigenvalue weighted by Gasteiger charge is 1.99. The van der Waals surface area contributed by atoms with Gasteiger partial charge in [-0.05, 0) is 22.6 Å². The predicted octanol–water partition coefficient (Wildman–Crippen LogP) is 0.0347. The van der Waals surface area contributed by atoms with Gasteiger partial charge in [-0.25, -0.2) is 0 Å². The van der Waals surface area contributed by atoms with E-state index < -0.39 is 0 Å². The van der Waals surface area contributed by atoms with Crippen LogP contribution in [0, 0.1) is 0 Å². The highest BCUT2D eigenvalue weighted by atomic mass is 15.5. The molecule has 2 heterocycles. The van der Waals surface area contributed by atoms with Gasteiger partial charge in [-0.2, -0.15) is 10.3 Å². The molecule has 0 spiro atoms. The molecule has 12 heavy (non-hydrogen) atoms. The van der Waals surface area contributed by atoms with Gasteiger partial charge in [0.25, 0.3) is 0 Å². The molecule has 0 fully saturated rings. The van der Waals surface area contributed by atoms with E-state index in [-0.39, 0.29) is 0 Å². The fourth-order valence-corrected chi connectivity index (χ4v) is 0.722. The number of H-pyrrole nitrogens is 1. The molecule has 0 radical (unpaired) electrons.